The molecule has 2 fully saturated rings. The number of hydrogen-bond donors (Lipinski definition) is 1. The molecule has 1 N–H and O–H groups in total. The molecule has 1 saturated carbocycles. The second-order valence-electron chi connectivity index (χ2n) is 11.2. The quantitative estimate of drug-likeness (QED) is 0.274. The van der Waals surface area contributed by atoms with Gasteiger partial charge in [0.05, 0.1) is 11.7 Å². The minimum absolute atomic E-state index is 0.160. The Labute approximate surface area is 230 Å². The Hall–Kier alpha value is -3.00. The van der Waals surface area contributed by atoms with Crippen LogP contribution in [0.5, 0.6) is 0 Å². The van der Waals surface area contributed by atoms with E-state index in [-0.39, 0.29) is 5.82 Å². The summed E-state index contributed by atoms with van der Waals surface area (Å²) >= 11 is 0. The van der Waals surface area contributed by atoms with Crippen LogP contribution in [0.1, 0.15) is 49.4 Å². The van der Waals surface area contributed by atoms with Crippen molar-refractivity contribution in [2.45, 2.75) is 50.6 Å². The summed E-state index contributed by atoms with van der Waals surface area (Å²) < 4.78 is 21.5. The van der Waals surface area contributed by atoms with Gasteiger partial charge in [-0.2, -0.15) is 5.10 Å². The zero-order valence-corrected chi connectivity index (χ0v) is 23.0. The number of halogens is 1. The third kappa shape index (κ3) is 6.11. The summed E-state index contributed by atoms with van der Waals surface area (Å²) in [4.78, 5) is 8.76. The molecule has 0 radical (unpaired) electrons. The molecular formula is C32H40FN5O. The zero-order valence-electron chi connectivity index (χ0n) is 23.0. The van der Waals surface area contributed by atoms with Crippen LogP contribution in [0.4, 0.5) is 4.39 Å². The van der Waals surface area contributed by atoms with Gasteiger partial charge in [-0.05, 0) is 68.0 Å². The number of nitrogens with one attached hydrogen (secondary N) is 1. The molecule has 2 aromatic carbocycles. The van der Waals surface area contributed by atoms with Gasteiger partial charge in [0.1, 0.15) is 5.82 Å². The monoisotopic (exact) mass is 529 g/mol. The van der Waals surface area contributed by atoms with Crippen LogP contribution in [0.2, 0.25) is 0 Å². The van der Waals surface area contributed by atoms with Gasteiger partial charge in [0.25, 0.3) is 0 Å². The molecule has 6 rings (SSSR count). The summed E-state index contributed by atoms with van der Waals surface area (Å²) in [5.74, 6) is -0.160. The summed E-state index contributed by atoms with van der Waals surface area (Å²) in [5.41, 5.74) is 4.92. The first-order valence-corrected chi connectivity index (χ1v) is 14.5. The molecule has 2 aliphatic rings. The fourth-order valence-corrected chi connectivity index (χ4v) is 6.46. The SMILES string of the molecule is COCCCN1CCN([C@H]2CC[C@@H](n3ccc(-c4ccc5[nH]c(Cc6ccccc6F)cc5c4)n3)CC2)CC1. The average Bonchev–Trinajstić information content (AvgIpc) is 3.62. The lowest BCUT2D eigenvalue weighted by Crippen LogP contribution is -2.51. The van der Waals surface area contributed by atoms with Gasteiger partial charge in [-0.1, -0.05) is 24.3 Å². The molecule has 3 heterocycles. The Kier molecular flexibility index (Phi) is 8.09. The van der Waals surface area contributed by atoms with Gasteiger partial charge in [0.15, 0.2) is 0 Å². The van der Waals surface area contributed by atoms with Crippen LogP contribution in [-0.2, 0) is 11.2 Å². The van der Waals surface area contributed by atoms with E-state index < -0.39 is 0 Å². The first kappa shape index (κ1) is 26.2. The molecule has 1 aliphatic carbocycles. The molecule has 0 unspecified atom stereocenters. The van der Waals surface area contributed by atoms with E-state index in [4.69, 9.17) is 9.84 Å². The van der Waals surface area contributed by atoms with Gasteiger partial charge in [-0.3, -0.25) is 9.58 Å². The van der Waals surface area contributed by atoms with Gasteiger partial charge in [0, 0.05) is 87.3 Å². The number of rotatable bonds is 9. The molecule has 7 heteroatoms. The smallest absolute Gasteiger partial charge is 0.126 e. The van der Waals surface area contributed by atoms with Crippen molar-refractivity contribution in [2.75, 3.05) is 46.4 Å². The number of nitrogens with zero attached hydrogens (tertiary/aromatic N) is 4. The van der Waals surface area contributed by atoms with Crippen molar-refractivity contribution in [2.24, 2.45) is 0 Å². The van der Waals surface area contributed by atoms with Crippen molar-refractivity contribution in [1.29, 1.82) is 0 Å². The molecule has 2 aromatic heterocycles. The molecule has 0 atom stereocenters. The molecule has 0 bridgehead atoms. The molecule has 39 heavy (non-hydrogen) atoms. The van der Waals surface area contributed by atoms with Crippen molar-refractivity contribution in [3.05, 3.63) is 77.9 Å². The average molecular weight is 530 g/mol. The molecule has 4 aromatic rings. The lowest BCUT2D eigenvalue weighted by atomic mass is 9.90. The van der Waals surface area contributed by atoms with Gasteiger partial charge < -0.3 is 14.6 Å². The Morgan fingerprint density at radius 2 is 1.74 bits per heavy atom. The fourth-order valence-electron chi connectivity index (χ4n) is 6.46. The predicted molar refractivity (Wildman–Crippen MR) is 155 cm³/mol. The van der Waals surface area contributed by atoms with E-state index >= 15 is 0 Å². The highest BCUT2D eigenvalue weighted by Crippen LogP contribution is 2.32. The molecule has 0 spiro atoms. The molecule has 6 nitrogen and oxygen atoms in total. The van der Waals surface area contributed by atoms with Crippen LogP contribution in [-0.4, -0.2) is 77.0 Å². The van der Waals surface area contributed by atoms with Gasteiger partial charge in [0.2, 0.25) is 0 Å². The van der Waals surface area contributed by atoms with Crippen molar-refractivity contribution in [1.82, 2.24) is 24.6 Å². The highest BCUT2D eigenvalue weighted by Gasteiger charge is 2.29. The van der Waals surface area contributed by atoms with Crippen LogP contribution in [0.25, 0.3) is 22.2 Å². The van der Waals surface area contributed by atoms with E-state index in [1.165, 1.54) is 57.9 Å². The minimum Gasteiger partial charge on any atom is -0.385 e. The summed E-state index contributed by atoms with van der Waals surface area (Å²) in [6.45, 7) is 6.76. The second kappa shape index (κ2) is 12.0. The number of H-pyrrole nitrogens is 1. The number of fused-ring (bicyclic) bond motifs is 1. The lowest BCUT2D eigenvalue weighted by molar-refractivity contribution is 0.0659. The van der Waals surface area contributed by atoms with Crippen molar-refractivity contribution in [3.63, 3.8) is 0 Å². The molecule has 1 aliphatic heterocycles. The third-order valence-corrected chi connectivity index (χ3v) is 8.71. The maximum absolute atomic E-state index is 14.1. The molecule has 1 saturated heterocycles. The standard InChI is InChI=1S/C32H40FN5O/c1-39-20-4-14-36-16-18-37(19-17-36)28-8-10-29(11-9-28)38-15-13-32(35-38)25-7-12-31-26(21-25)23-27(34-31)22-24-5-2-3-6-30(24)33/h2-3,5-7,12-13,15,21,23,28-29,34H,4,8-11,14,16-20,22H2,1H3/t28-,29+. The highest BCUT2D eigenvalue weighted by atomic mass is 19.1. The van der Waals surface area contributed by atoms with Crippen molar-refractivity contribution >= 4 is 10.9 Å². The number of aromatic amines is 1. The normalized spacial score (nSPS) is 21.1. The van der Waals surface area contributed by atoms with E-state index in [9.17, 15) is 4.39 Å². The summed E-state index contributed by atoms with van der Waals surface area (Å²) in [7, 11) is 1.79. The number of hydrogen-bond acceptors (Lipinski definition) is 4. The van der Waals surface area contributed by atoms with E-state index in [1.807, 2.05) is 12.1 Å². The van der Waals surface area contributed by atoms with Crippen LogP contribution < -0.4 is 0 Å². The number of benzene rings is 2. The summed E-state index contributed by atoms with van der Waals surface area (Å²) in [6.07, 6.45) is 8.73. The highest BCUT2D eigenvalue weighted by molar-refractivity contribution is 5.85. The second-order valence-corrected chi connectivity index (χ2v) is 11.2. The number of aromatic nitrogens is 3. The van der Waals surface area contributed by atoms with Gasteiger partial charge >= 0.3 is 0 Å². The first-order chi connectivity index (χ1) is 19.2. The predicted octanol–water partition coefficient (Wildman–Crippen LogP) is 5.90. The zero-order chi connectivity index (χ0) is 26.6. The van der Waals surface area contributed by atoms with Crippen molar-refractivity contribution < 1.29 is 9.13 Å². The first-order valence-electron chi connectivity index (χ1n) is 14.5. The Morgan fingerprint density at radius 3 is 2.54 bits per heavy atom. The van der Waals surface area contributed by atoms with Gasteiger partial charge in [-0.15, -0.1) is 0 Å². The Balaban J connectivity index is 1.04. The fraction of sp³-hybridized carbons (Fsp3) is 0.469. The van der Waals surface area contributed by atoms with Crippen LogP contribution >= 0.6 is 0 Å². The molecular weight excluding hydrogens is 489 g/mol. The lowest BCUT2D eigenvalue weighted by Gasteiger charge is -2.42. The van der Waals surface area contributed by atoms with E-state index in [2.05, 4.69) is 56.0 Å². The maximum atomic E-state index is 14.1. The maximum Gasteiger partial charge on any atom is 0.126 e. The van der Waals surface area contributed by atoms with E-state index in [0.29, 0.717) is 24.1 Å². The minimum atomic E-state index is -0.160. The van der Waals surface area contributed by atoms with Crippen LogP contribution in [0.15, 0.2) is 60.8 Å². The molecule has 0 amide bonds. The van der Waals surface area contributed by atoms with E-state index in [1.54, 1.807) is 13.2 Å². The summed E-state index contributed by atoms with van der Waals surface area (Å²) in [6, 6.07) is 18.9. The topological polar surface area (TPSA) is 49.3 Å². The van der Waals surface area contributed by atoms with Crippen LogP contribution in [0.3, 0.4) is 0 Å². The Bertz CT molecular complexity index is 1360. The van der Waals surface area contributed by atoms with Gasteiger partial charge in [-0.25, -0.2) is 4.39 Å². The summed E-state index contributed by atoms with van der Waals surface area (Å²) in [5, 5.41) is 6.14. The number of methoxy groups -OCH3 is 1. The van der Waals surface area contributed by atoms with Crippen LogP contribution in [0, 0.1) is 5.82 Å². The number of piperazine rings is 1. The molecule has 206 valence electrons. The Morgan fingerprint density at radius 1 is 0.949 bits per heavy atom. The van der Waals surface area contributed by atoms with E-state index in [0.717, 1.165) is 47.4 Å². The third-order valence-electron chi connectivity index (χ3n) is 8.71. The van der Waals surface area contributed by atoms with Crippen molar-refractivity contribution in [3.8, 4) is 11.3 Å². The largest absolute Gasteiger partial charge is 0.385 e. The number of ether oxygens (including phenoxy) is 1.